The van der Waals surface area contributed by atoms with Crippen LogP contribution in [0.5, 0.6) is 0 Å². The van der Waals surface area contributed by atoms with Gasteiger partial charge in [-0.1, -0.05) is 13.3 Å². The van der Waals surface area contributed by atoms with Crippen molar-refractivity contribution >= 4 is 15.9 Å². The van der Waals surface area contributed by atoms with Crippen molar-refractivity contribution in [2.75, 3.05) is 18.8 Å². The number of hydrogen-bond donors (Lipinski definition) is 1. The maximum absolute atomic E-state index is 12.1. The van der Waals surface area contributed by atoms with E-state index in [4.69, 9.17) is 0 Å². The standard InChI is InChI=1S/C13H26N2O3S/c1-4-7-11(3)14-13(16)12-8-6-9-15(10-12)19(17,18)5-2/h11-12H,4-10H2,1-3H3,(H,14,16)/t11-,12-/m1/s1. The van der Waals surface area contributed by atoms with Crippen LogP contribution in [0.3, 0.4) is 0 Å². The van der Waals surface area contributed by atoms with Gasteiger partial charge in [-0.15, -0.1) is 0 Å². The van der Waals surface area contributed by atoms with Crippen LogP contribution in [0.2, 0.25) is 0 Å². The number of carbonyl (C=O) groups is 1. The first-order valence-corrected chi connectivity index (χ1v) is 8.79. The molecule has 1 saturated heterocycles. The van der Waals surface area contributed by atoms with Gasteiger partial charge in [-0.05, 0) is 33.1 Å². The van der Waals surface area contributed by atoms with Crippen LogP contribution in [-0.2, 0) is 14.8 Å². The lowest BCUT2D eigenvalue weighted by molar-refractivity contribution is -0.126. The van der Waals surface area contributed by atoms with Crippen LogP contribution in [0.1, 0.15) is 46.5 Å². The minimum atomic E-state index is -3.17. The van der Waals surface area contributed by atoms with Crippen molar-refractivity contribution in [3.63, 3.8) is 0 Å². The fourth-order valence-electron chi connectivity index (χ4n) is 2.46. The Balaban J connectivity index is 2.57. The van der Waals surface area contributed by atoms with Crippen LogP contribution in [0.25, 0.3) is 0 Å². The maximum Gasteiger partial charge on any atom is 0.224 e. The van der Waals surface area contributed by atoms with Crippen LogP contribution in [-0.4, -0.2) is 43.5 Å². The molecule has 0 aromatic rings. The molecule has 1 fully saturated rings. The summed E-state index contributed by atoms with van der Waals surface area (Å²) < 4.78 is 25.1. The highest BCUT2D eigenvalue weighted by atomic mass is 32.2. The Labute approximate surface area is 116 Å². The van der Waals surface area contributed by atoms with Gasteiger partial charge >= 0.3 is 0 Å². The van der Waals surface area contributed by atoms with Gasteiger partial charge < -0.3 is 5.32 Å². The summed E-state index contributed by atoms with van der Waals surface area (Å²) in [7, 11) is -3.17. The van der Waals surface area contributed by atoms with Crippen LogP contribution >= 0.6 is 0 Å². The molecule has 5 nitrogen and oxygen atoms in total. The number of amides is 1. The zero-order chi connectivity index (χ0) is 14.5. The average molecular weight is 290 g/mol. The Hall–Kier alpha value is -0.620. The number of sulfonamides is 1. The first-order valence-electron chi connectivity index (χ1n) is 7.18. The van der Waals surface area contributed by atoms with Gasteiger partial charge in [0.2, 0.25) is 15.9 Å². The molecule has 0 spiro atoms. The molecule has 1 heterocycles. The van der Waals surface area contributed by atoms with Crippen molar-refractivity contribution in [3.8, 4) is 0 Å². The Morgan fingerprint density at radius 1 is 1.42 bits per heavy atom. The largest absolute Gasteiger partial charge is 0.353 e. The summed E-state index contributed by atoms with van der Waals surface area (Å²) in [5, 5.41) is 2.98. The highest BCUT2D eigenvalue weighted by Crippen LogP contribution is 2.20. The third-order valence-corrected chi connectivity index (χ3v) is 5.47. The predicted molar refractivity (Wildman–Crippen MR) is 76.3 cm³/mol. The molecular formula is C13H26N2O3S. The molecule has 0 saturated carbocycles. The van der Waals surface area contributed by atoms with Crippen LogP contribution in [0, 0.1) is 5.92 Å². The molecule has 19 heavy (non-hydrogen) atoms. The minimum Gasteiger partial charge on any atom is -0.353 e. The number of piperidine rings is 1. The first-order chi connectivity index (χ1) is 8.90. The van der Waals surface area contributed by atoms with E-state index in [1.165, 1.54) is 4.31 Å². The fourth-order valence-corrected chi connectivity index (χ4v) is 3.64. The molecule has 1 amide bonds. The Bertz CT molecular complexity index is 395. The van der Waals surface area contributed by atoms with Crippen LogP contribution < -0.4 is 5.32 Å². The van der Waals surface area contributed by atoms with Crippen molar-refractivity contribution in [1.29, 1.82) is 0 Å². The second-order valence-electron chi connectivity index (χ2n) is 5.30. The number of rotatable bonds is 6. The van der Waals surface area contributed by atoms with Gasteiger partial charge in [-0.3, -0.25) is 4.79 Å². The second-order valence-corrected chi connectivity index (χ2v) is 7.55. The summed E-state index contributed by atoms with van der Waals surface area (Å²) in [5.74, 6) is -0.0977. The number of hydrogen-bond acceptors (Lipinski definition) is 3. The topological polar surface area (TPSA) is 66.5 Å². The maximum atomic E-state index is 12.1. The van der Waals surface area contributed by atoms with Gasteiger partial charge in [0, 0.05) is 19.1 Å². The SMILES string of the molecule is CCC[C@@H](C)NC(=O)[C@@H]1CCCN(S(=O)(=O)CC)C1. The Kier molecular flexibility index (Phi) is 6.26. The third-order valence-electron chi connectivity index (χ3n) is 3.62. The molecule has 0 aliphatic carbocycles. The van der Waals surface area contributed by atoms with E-state index in [0.717, 1.165) is 25.7 Å². The van der Waals surface area contributed by atoms with Crippen molar-refractivity contribution in [3.05, 3.63) is 0 Å². The first kappa shape index (κ1) is 16.4. The molecule has 112 valence electrons. The molecular weight excluding hydrogens is 264 g/mol. The second kappa shape index (κ2) is 7.24. The molecule has 1 N–H and O–H groups in total. The summed E-state index contributed by atoms with van der Waals surface area (Å²) in [6.07, 6.45) is 3.53. The molecule has 1 aliphatic heterocycles. The zero-order valence-corrected chi connectivity index (χ0v) is 13.0. The monoisotopic (exact) mass is 290 g/mol. The van der Waals surface area contributed by atoms with Gasteiger partial charge in [0.25, 0.3) is 0 Å². The summed E-state index contributed by atoms with van der Waals surface area (Å²) in [5.41, 5.74) is 0. The predicted octanol–water partition coefficient (Wildman–Crippen LogP) is 1.35. The molecule has 0 unspecified atom stereocenters. The highest BCUT2D eigenvalue weighted by molar-refractivity contribution is 7.89. The van der Waals surface area contributed by atoms with Crippen molar-refractivity contribution in [1.82, 2.24) is 9.62 Å². The van der Waals surface area contributed by atoms with E-state index in [2.05, 4.69) is 12.2 Å². The summed E-state index contributed by atoms with van der Waals surface area (Å²) in [6.45, 7) is 6.59. The Morgan fingerprint density at radius 2 is 2.11 bits per heavy atom. The lowest BCUT2D eigenvalue weighted by atomic mass is 9.98. The van der Waals surface area contributed by atoms with Gasteiger partial charge in [0.05, 0.1) is 11.7 Å². The molecule has 6 heteroatoms. The van der Waals surface area contributed by atoms with Crippen LogP contribution in [0.15, 0.2) is 0 Å². The van der Waals surface area contributed by atoms with Gasteiger partial charge in [-0.2, -0.15) is 0 Å². The van der Waals surface area contributed by atoms with Crippen molar-refractivity contribution < 1.29 is 13.2 Å². The summed E-state index contributed by atoms with van der Waals surface area (Å²) in [4.78, 5) is 12.1. The van der Waals surface area contributed by atoms with Gasteiger partial charge in [0.15, 0.2) is 0 Å². The smallest absolute Gasteiger partial charge is 0.224 e. The highest BCUT2D eigenvalue weighted by Gasteiger charge is 2.31. The fraction of sp³-hybridized carbons (Fsp3) is 0.923. The van der Waals surface area contributed by atoms with E-state index in [0.29, 0.717) is 13.1 Å². The van der Waals surface area contributed by atoms with Crippen LogP contribution in [0.4, 0.5) is 0 Å². The third kappa shape index (κ3) is 4.76. The zero-order valence-electron chi connectivity index (χ0n) is 12.2. The average Bonchev–Trinajstić information content (AvgIpc) is 2.39. The van der Waals surface area contributed by atoms with E-state index in [9.17, 15) is 13.2 Å². The van der Waals surface area contributed by atoms with Crippen molar-refractivity contribution in [2.45, 2.75) is 52.5 Å². The molecule has 2 atom stereocenters. The lowest BCUT2D eigenvalue weighted by Gasteiger charge is -2.31. The van der Waals surface area contributed by atoms with Gasteiger partial charge in [0.1, 0.15) is 0 Å². The quantitative estimate of drug-likeness (QED) is 0.803. The minimum absolute atomic E-state index is 0.00282. The van der Waals surface area contributed by atoms with E-state index < -0.39 is 10.0 Å². The lowest BCUT2D eigenvalue weighted by Crippen LogP contribution is -2.47. The number of carbonyl (C=O) groups excluding carboxylic acids is 1. The Morgan fingerprint density at radius 3 is 2.68 bits per heavy atom. The normalized spacial score (nSPS) is 23.0. The molecule has 0 aromatic carbocycles. The summed E-state index contributed by atoms with van der Waals surface area (Å²) in [6, 6.07) is 0.163. The molecule has 0 aromatic heterocycles. The molecule has 1 aliphatic rings. The molecule has 1 rings (SSSR count). The molecule has 0 bridgehead atoms. The summed E-state index contributed by atoms with van der Waals surface area (Å²) >= 11 is 0. The van der Waals surface area contributed by atoms with Crippen molar-refractivity contribution in [2.24, 2.45) is 5.92 Å². The van der Waals surface area contributed by atoms with E-state index in [1.807, 2.05) is 6.92 Å². The number of nitrogens with zero attached hydrogens (tertiary/aromatic N) is 1. The van der Waals surface area contributed by atoms with E-state index in [-0.39, 0.29) is 23.6 Å². The van der Waals surface area contributed by atoms with Gasteiger partial charge in [-0.25, -0.2) is 12.7 Å². The van der Waals surface area contributed by atoms with E-state index >= 15 is 0 Å². The van der Waals surface area contributed by atoms with E-state index in [1.54, 1.807) is 6.92 Å². The number of nitrogens with one attached hydrogen (secondary N) is 1. The molecule has 0 radical (unpaired) electrons.